The third-order valence-corrected chi connectivity index (χ3v) is 9.50. The first kappa shape index (κ1) is 32.4. The molecule has 12 heteroatoms. The Kier molecular flexibility index (Phi) is 11.5. The largest absolute Gasteiger partial charge is 0.491 e. The Morgan fingerprint density at radius 2 is 1.93 bits per heavy atom. The van der Waals surface area contributed by atoms with Crippen LogP contribution in [0.2, 0.25) is 0 Å². The molecule has 0 aromatic heterocycles. The summed E-state index contributed by atoms with van der Waals surface area (Å²) in [6, 6.07) is 22.8. The van der Waals surface area contributed by atoms with E-state index in [1.165, 1.54) is 45.2 Å². The molecule has 0 spiro atoms. The molecule has 1 aliphatic rings. The third kappa shape index (κ3) is 8.71. The summed E-state index contributed by atoms with van der Waals surface area (Å²) in [5, 5.41) is 26.4. The molecule has 1 aliphatic heterocycles. The van der Waals surface area contributed by atoms with Gasteiger partial charge < -0.3 is 15.2 Å². The molecule has 3 aromatic rings. The molecule has 0 bridgehead atoms. The predicted molar refractivity (Wildman–Crippen MR) is 163 cm³/mol. The van der Waals surface area contributed by atoms with E-state index in [1.54, 1.807) is 12.1 Å². The quantitative estimate of drug-likeness (QED) is 0.214. The lowest BCUT2D eigenvalue weighted by Crippen LogP contribution is -2.53. The maximum Gasteiger partial charge on any atom is 0.253 e. The number of thioether (sulfide) groups is 1. The average Bonchev–Trinajstić information content (AvgIpc) is 2.92. The van der Waals surface area contributed by atoms with Crippen molar-refractivity contribution in [2.24, 2.45) is 0 Å². The van der Waals surface area contributed by atoms with Crippen molar-refractivity contribution in [3.63, 3.8) is 0 Å². The van der Waals surface area contributed by atoms with Crippen molar-refractivity contribution in [3.8, 4) is 11.8 Å². The zero-order chi connectivity index (χ0) is 28.0. The number of sulfonamides is 1. The van der Waals surface area contributed by atoms with Crippen molar-refractivity contribution in [2.75, 3.05) is 25.4 Å². The number of nitriles is 1. The van der Waals surface area contributed by atoms with E-state index in [0.29, 0.717) is 24.6 Å². The Morgan fingerprint density at radius 1 is 1.18 bits per heavy atom. The van der Waals surface area contributed by atoms with Gasteiger partial charge in [0.1, 0.15) is 29.2 Å². The van der Waals surface area contributed by atoms with Crippen LogP contribution in [0.3, 0.4) is 0 Å². The number of ether oxygens (including phenoxy) is 1. The first-order chi connectivity index (χ1) is 18.6. The first-order valence-electron chi connectivity index (χ1n) is 12.6. The fourth-order valence-electron chi connectivity index (χ4n) is 4.34. The fraction of sp³-hybridized carbons (Fsp3) is 0.393. The monoisotopic (exact) mass is 624 g/mol. The third-order valence-electron chi connectivity index (χ3n) is 6.38. The number of rotatable bonds is 11. The summed E-state index contributed by atoms with van der Waals surface area (Å²) < 4.78 is 31.6. The van der Waals surface area contributed by atoms with Gasteiger partial charge in [-0.05, 0) is 48.7 Å². The maximum atomic E-state index is 13.0. The second-order valence-corrected chi connectivity index (χ2v) is 13.5. The van der Waals surface area contributed by atoms with Gasteiger partial charge in [-0.25, -0.2) is 13.4 Å². The molecular formula is C28H34Cl2N4O4S2. The topological polar surface area (TPSA) is 115 Å². The lowest BCUT2D eigenvalue weighted by molar-refractivity contribution is 0.0987. The van der Waals surface area contributed by atoms with Gasteiger partial charge in [0.05, 0.1) is 11.0 Å². The minimum Gasteiger partial charge on any atom is -0.491 e. The standard InChI is InChI=1S/C28H33ClN4O4S2.ClH/c1-28(2,16-20-10-11-21-6-3-4-7-22(21)14-20)31-18-23(34)19-37-24-8-5-9-25(15-24)39(35,36)32-33-12-13-38-26(17-30)27(33)29;/h3-11,14-15,23,26-27,31-32,34H,12-13,16,18-19H2,1-2H3;1H/t23-,26?,27?;/m1./s1. The normalized spacial score (nSPS) is 19.0. The van der Waals surface area contributed by atoms with Gasteiger partial charge in [-0.1, -0.05) is 48.5 Å². The molecule has 216 valence electrons. The van der Waals surface area contributed by atoms with Crippen LogP contribution in [0.4, 0.5) is 0 Å². The number of hydrogen-bond donors (Lipinski definition) is 3. The molecule has 1 saturated heterocycles. The number of fused-ring (bicyclic) bond motifs is 1. The maximum absolute atomic E-state index is 13.0. The van der Waals surface area contributed by atoms with E-state index >= 15 is 0 Å². The number of β-amino-alcohol motifs (C(OH)–C–C–N with tert-alkyl or cyclic N) is 1. The second-order valence-electron chi connectivity index (χ2n) is 10.1. The van der Waals surface area contributed by atoms with E-state index in [-0.39, 0.29) is 29.4 Å². The van der Waals surface area contributed by atoms with Crippen LogP contribution in [0.5, 0.6) is 5.75 Å². The molecule has 8 nitrogen and oxygen atoms in total. The zero-order valence-electron chi connectivity index (χ0n) is 22.3. The Balaban J connectivity index is 0.00000441. The first-order valence-corrected chi connectivity index (χ1v) is 15.6. The minimum absolute atomic E-state index is 0. The van der Waals surface area contributed by atoms with Gasteiger partial charge in [0.25, 0.3) is 10.0 Å². The number of aliphatic hydroxyl groups excluding tert-OH is 1. The predicted octanol–water partition coefficient (Wildman–Crippen LogP) is 4.31. The van der Waals surface area contributed by atoms with E-state index in [9.17, 15) is 18.8 Å². The molecule has 2 unspecified atom stereocenters. The zero-order valence-corrected chi connectivity index (χ0v) is 25.5. The summed E-state index contributed by atoms with van der Waals surface area (Å²) in [6.45, 7) is 4.85. The SMILES string of the molecule is CC(C)(Cc1ccc2ccccc2c1)NC[C@@H](O)COc1cccc(S(=O)(=O)NN2CCSC(C#N)C2Cl)c1.Cl. The number of hydrazine groups is 1. The summed E-state index contributed by atoms with van der Waals surface area (Å²) in [7, 11) is -3.94. The van der Waals surface area contributed by atoms with Crippen molar-refractivity contribution in [3.05, 3.63) is 72.3 Å². The fourth-order valence-corrected chi connectivity index (χ4v) is 6.91. The molecule has 1 fully saturated rings. The van der Waals surface area contributed by atoms with E-state index in [1.807, 2.05) is 12.1 Å². The average molecular weight is 626 g/mol. The number of nitrogens with zero attached hydrogens (tertiary/aromatic N) is 2. The molecular weight excluding hydrogens is 591 g/mol. The van der Waals surface area contributed by atoms with Gasteiger partial charge >= 0.3 is 0 Å². The van der Waals surface area contributed by atoms with Crippen molar-refractivity contribution >= 4 is 56.6 Å². The van der Waals surface area contributed by atoms with Gasteiger partial charge in [-0.2, -0.15) is 5.26 Å². The van der Waals surface area contributed by atoms with Crippen LogP contribution >= 0.6 is 35.8 Å². The Bertz CT molecular complexity index is 1440. The molecule has 1 heterocycles. The van der Waals surface area contributed by atoms with E-state index in [4.69, 9.17) is 16.3 Å². The number of benzene rings is 3. The smallest absolute Gasteiger partial charge is 0.253 e. The summed E-state index contributed by atoms with van der Waals surface area (Å²) >= 11 is 7.68. The second kappa shape index (κ2) is 14.2. The van der Waals surface area contributed by atoms with Gasteiger partial charge in [-0.15, -0.1) is 40.6 Å². The molecule has 0 aliphatic carbocycles. The molecule has 3 aromatic carbocycles. The highest BCUT2D eigenvalue weighted by molar-refractivity contribution is 8.00. The minimum atomic E-state index is -3.94. The van der Waals surface area contributed by atoms with Crippen molar-refractivity contribution in [2.45, 2.75) is 47.6 Å². The van der Waals surface area contributed by atoms with Gasteiger partial charge in [0.2, 0.25) is 0 Å². The van der Waals surface area contributed by atoms with Crippen molar-refractivity contribution in [1.29, 1.82) is 5.26 Å². The Labute approximate surface area is 251 Å². The number of aliphatic hydroxyl groups is 1. The molecule has 3 N–H and O–H groups in total. The number of nitrogens with one attached hydrogen (secondary N) is 2. The van der Waals surface area contributed by atoms with Crippen molar-refractivity contribution < 1.29 is 18.3 Å². The van der Waals surface area contributed by atoms with Crippen LogP contribution in [-0.4, -0.2) is 66.4 Å². The van der Waals surface area contributed by atoms with Gasteiger partial charge in [-0.3, -0.25) is 0 Å². The molecule has 40 heavy (non-hydrogen) atoms. The van der Waals surface area contributed by atoms with Crippen LogP contribution < -0.4 is 14.9 Å². The number of halogens is 2. The Hall–Kier alpha value is -2.07. The van der Waals surface area contributed by atoms with Gasteiger partial charge in [0.15, 0.2) is 0 Å². The summed E-state index contributed by atoms with van der Waals surface area (Å²) in [4.78, 5) is 2.48. The highest BCUT2D eigenvalue weighted by Gasteiger charge is 2.33. The van der Waals surface area contributed by atoms with Crippen LogP contribution in [0.15, 0.2) is 71.6 Å². The molecule has 0 amide bonds. The lowest BCUT2D eigenvalue weighted by atomic mass is 9.93. The lowest BCUT2D eigenvalue weighted by Gasteiger charge is -2.33. The highest BCUT2D eigenvalue weighted by atomic mass is 35.5. The van der Waals surface area contributed by atoms with Gasteiger partial charge in [0, 0.05) is 30.4 Å². The molecule has 0 saturated carbocycles. The van der Waals surface area contributed by atoms with Crippen LogP contribution in [0.25, 0.3) is 10.8 Å². The summed E-state index contributed by atoms with van der Waals surface area (Å²) in [5.41, 5.74) is 0.160. The van der Waals surface area contributed by atoms with E-state index in [0.717, 1.165) is 6.42 Å². The van der Waals surface area contributed by atoms with Crippen LogP contribution in [0, 0.1) is 11.3 Å². The number of alkyl halides is 1. The molecule has 0 radical (unpaired) electrons. The van der Waals surface area contributed by atoms with Crippen LogP contribution in [-0.2, 0) is 16.4 Å². The van der Waals surface area contributed by atoms with Crippen molar-refractivity contribution in [1.82, 2.24) is 15.2 Å². The van der Waals surface area contributed by atoms with Crippen LogP contribution in [0.1, 0.15) is 19.4 Å². The number of hydrogen-bond acceptors (Lipinski definition) is 8. The molecule has 4 rings (SSSR count). The highest BCUT2D eigenvalue weighted by Crippen LogP contribution is 2.27. The van der Waals surface area contributed by atoms with E-state index < -0.39 is 26.9 Å². The Morgan fingerprint density at radius 3 is 2.67 bits per heavy atom. The summed E-state index contributed by atoms with van der Waals surface area (Å²) in [5.74, 6) is 0.900. The summed E-state index contributed by atoms with van der Waals surface area (Å²) in [6.07, 6.45) is -0.0169. The molecule has 3 atom stereocenters. The van der Waals surface area contributed by atoms with E-state index in [2.05, 4.69) is 60.4 Å².